The molecule has 1 fully saturated rings. The second-order valence-electron chi connectivity index (χ2n) is 3.87. The van der Waals surface area contributed by atoms with E-state index in [0.717, 1.165) is 38.5 Å². The summed E-state index contributed by atoms with van der Waals surface area (Å²) in [6.07, 6.45) is 1.64. The molecule has 0 aliphatic carbocycles. The second-order valence-corrected chi connectivity index (χ2v) is 3.87. The minimum Gasteiger partial charge on any atom is -0.314 e. The highest BCUT2D eigenvalue weighted by molar-refractivity contribution is 4.90. The summed E-state index contributed by atoms with van der Waals surface area (Å²) in [7, 11) is 0. The number of rotatable bonds is 5. The van der Waals surface area contributed by atoms with Crippen LogP contribution in [0.15, 0.2) is 6.33 Å². The fourth-order valence-electron chi connectivity index (χ4n) is 1.89. The molecule has 1 aliphatic heterocycles. The largest absolute Gasteiger partial charge is 0.314 e. The van der Waals surface area contributed by atoms with Gasteiger partial charge in [0.25, 0.3) is 0 Å². The van der Waals surface area contributed by atoms with Gasteiger partial charge in [0.2, 0.25) is 0 Å². The minimum atomic E-state index is 0.678. The summed E-state index contributed by atoms with van der Waals surface area (Å²) in [6.45, 7) is 9.39. The number of hydrogen-bond acceptors (Lipinski definition) is 4. The lowest BCUT2D eigenvalue weighted by atomic mass is 10.1. The quantitative estimate of drug-likeness (QED) is 0.746. The van der Waals surface area contributed by atoms with Crippen molar-refractivity contribution in [3.63, 3.8) is 0 Å². The first kappa shape index (κ1) is 10.6. The SMILES string of the molecule is CCN(Cc1ncnn1CC)C1CNC1. The van der Waals surface area contributed by atoms with Gasteiger partial charge in [-0.25, -0.2) is 9.67 Å². The number of nitrogens with zero attached hydrogens (tertiary/aromatic N) is 4. The van der Waals surface area contributed by atoms with E-state index in [1.165, 1.54) is 0 Å². The fraction of sp³-hybridized carbons (Fsp3) is 0.800. The van der Waals surface area contributed by atoms with Gasteiger partial charge in [0, 0.05) is 25.7 Å². The van der Waals surface area contributed by atoms with E-state index < -0.39 is 0 Å². The monoisotopic (exact) mass is 209 g/mol. The van der Waals surface area contributed by atoms with Gasteiger partial charge in [-0.05, 0) is 13.5 Å². The van der Waals surface area contributed by atoms with Crippen molar-refractivity contribution in [2.75, 3.05) is 19.6 Å². The summed E-state index contributed by atoms with van der Waals surface area (Å²) in [5, 5.41) is 7.49. The van der Waals surface area contributed by atoms with E-state index >= 15 is 0 Å². The van der Waals surface area contributed by atoms with Crippen molar-refractivity contribution >= 4 is 0 Å². The van der Waals surface area contributed by atoms with E-state index in [9.17, 15) is 0 Å². The standard InChI is InChI=1S/C10H19N5/c1-3-14(9-5-11-6-9)7-10-12-8-13-15(10)4-2/h8-9,11H,3-7H2,1-2H3. The highest BCUT2D eigenvalue weighted by atomic mass is 15.4. The molecule has 1 aliphatic rings. The van der Waals surface area contributed by atoms with Crippen LogP contribution >= 0.6 is 0 Å². The Balaban J connectivity index is 1.99. The van der Waals surface area contributed by atoms with Crippen LogP contribution in [0.3, 0.4) is 0 Å². The maximum Gasteiger partial charge on any atom is 0.141 e. The van der Waals surface area contributed by atoms with Crippen LogP contribution in [0.1, 0.15) is 19.7 Å². The van der Waals surface area contributed by atoms with Crippen molar-refractivity contribution < 1.29 is 0 Å². The summed E-state index contributed by atoms with van der Waals surface area (Å²) < 4.78 is 1.97. The molecule has 15 heavy (non-hydrogen) atoms. The third-order valence-electron chi connectivity index (χ3n) is 3.02. The van der Waals surface area contributed by atoms with Crippen LogP contribution in [-0.2, 0) is 13.1 Å². The van der Waals surface area contributed by atoms with Gasteiger partial charge < -0.3 is 5.32 Å². The predicted molar refractivity (Wildman–Crippen MR) is 58.4 cm³/mol. The van der Waals surface area contributed by atoms with Crippen molar-refractivity contribution in [2.24, 2.45) is 0 Å². The molecule has 0 saturated carbocycles. The molecule has 0 atom stereocenters. The van der Waals surface area contributed by atoms with E-state index in [1.807, 2.05) is 4.68 Å². The molecule has 1 saturated heterocycles. The summed E-state index contributed by atoms with van der Waals surface area (Å²) in [6, 6.07) is 0.678. The van der Waals surface area contributed by atoms with Crippen molar-refractivity contribution in [3.05, 3.63) is 12.2 Å². The number of likely N-dealkylation sites (N-methyl/N-ethyl adjacent to an activating group) is 1. The summed E-state index contributed by atoms with van der Waals surface area (Å²) >= 11 is 0. The van der Waals surface area contributed by atoms with Gasteiger partial charge in [-0.3, -0.25) is 4.90 Å². The van der Waals surface area contributed by atoms with E-state index in [2.05, 4.69) is 34.1 Å². The van der Waals surface area contributed by atoms with E-state index in [-0.39, 0.29) is 0 Å². The molecule has 0 spiro atoms. The van der Waals surface area contributed by atoms with Gasteiger partial charge >= 0.3 is 0 Å². The number of nitrogens with one attached hydrogen (secondary N) is 1. The molecule has 84 valence electrons. The van der Waals surface area contributed by atoms with Gasteiger partial charge in [-0.2, -0.15) is 5.10 Å². The zero-order chi connectivity index (χ0) is 10.7. The Morgan fingerprint density at radius 1 is 1.53 bits per heavy atom. The molecule has 1 aromatic rings. The van der Waals surface area contributed by atoms with E-state index in [0.29, 0.717) is 6.04 Å². The van der Waals surface area contributed by atoms with Crippen LogP contribution in [0.2, 0.25) is 0 Å². The molecule has 1 aromatic heterocycles. The van der Waals surface area contributed by atoms with Crippen LogP contribution in [0.5, 0.6) is 0 Å². The van der Waals surface area contributed by atoms with E-state index in [1.54, 1.807) is 6.33 Å². The second kappa shape index (κ2) is 4.72. The Bertz CT molecular complexity index is 305. The first-order valence-electron chi connectivity index (χ1n) is 5.66. The molecule has 0 aromatic carbocycles. The maximum absolute atomic E-state index is 4.31. The van der Waals surface area contributed by atoms with Gasteiger partial charge in [-0.15, -0.1) is 0 Å². The Labute approximate surface area is 90.5 Å². The maximum atomic E-state index is 4.31. The Morgan fingerprint density at radius 2 is 2.33 bits per heavy atom. The molecule has 0 unspecified atom stereocenters. The molecule has 5 nitrogen and oxygen atoms in total. The molecule has 0 bridgehead atoms. The lowest BCUT2D eigenvalue weighted by Crippen LogP contribution is -2.56. The minimum absolute atomic E-state index is 0.678. The topological polar surface area (TPSA) is 46.0 Å². The molecule has 0 amide bonds. The normalized spacial score (nSPS) is 17.0. The average molecular weight is 209 g/mol. The van der Waals surface area contributed by atoms with Crippen molar-refractivity contribution in [3.8, 4) is 0 Å². The Morgan fingerprint density at radius 3 is 2.87 bits per heavy atom. The zero-order valence-electron chi connectivity index (χ0n) is 9.48. The third kappa shape index (κ3) is 2.18. The average Bonchev–Trinajstić information content (AvgIpc) is 2.61. The van der Waals surface area contributed by atoms with Gasteiger partial charge in [0.05, 0.1) is 6.54 Å². The van der Waals surface area contributed by atoms with E-state index in [4.69, 9.17) is 0 Å². The smallest absolute Gasteiger partial charge is 0.141 e. The molecule has 1 N–H and O–H groups in total. The van der Waals surface area contributed by atoms with Gasteiger partial charge in [0.15, 0.2) is 0 Å². The van der Waals surface area contributed by atoms with Crippen molar-refractivity contribution in [1.29, 1.82) is 0 Å². The van der Waals surface area contributed by atoms with Crippen LogP contribution in [0, 0.1) is 0 Å². The highest BCUT2D eigenvalue weighted by Crippen LogP contribution is 2.09. The van der Waals surface area contributed by atoms with Crippen LogP contribution in [0.4, 0.5) is 0 Å². The first-order valence-corrected chi connectivity index (χ1v) is 5.66. The lowest BCUT2D eigenvalue weighted by Gasteiger charge is -2.37. The lowest BCUT2D eigenvalue weighted by molar-refractivity contribution is 0.139. The highest BCUT2D eigenvalue weighted by Gasteiger charge is 2.24. The van der Waals surface area contributed by atoms with Crippen molar-refractivity contribution in [1.82, 2.24) is 25.0 Å². The number of hydrogen-bond donors (Lipinski definition) is 1. The number of aryl methyl sites for hydroxylation is 1. The Hall–Kier alpha value is -0.940. The van der Waals surface area contributed by atoms with Crippen molar-refractivity contribution in [2.45, 2.75) is 33.0 Å². The Kier molecular flexibility index (Phi) is 3.33. The summed E-state index contributed by atoms with van der Waals surface area (Å²) in [5.41, 5.74) is 0. The number of aromatic nitrogens is 3. The fourth-order valence-corrected chi connectivity index (χ4v) is 1.89. The summed E-state index contributed by atoms with van der Waals surface area (Å²) in [5.74, 6) is 1.08. The van der Waals surface area contributed by atoms with Gasteiger partial charge in [-0.1, -0.05) is 6.92 Å². The first-order chi connectivity index (χ1) is 7.35. The zero-order valence-corrected chi connectivity index (χ0v) is 9.48. The third-order valence-corrected chi connectivity index (χ3v) is 3.02. The van der Waals surface area contributed by atoms with Crippen LogP contribution < -0.4 is 5.32 Å². The predicted octanol–water partition coefficient (Wildman–Crippen LogP) is 0.0917. The molecule has 5 heteroatoms. The molecule has 2 heterocycles. The molecule has 0 radical (unpaired) electrons. The van der Waals surface area contributed by atoms with Crippen LogP contribution in [0.25, 0.3) is 0 Å². The molecular weight excluding hydrogens is 190 g/mol. The molecular formula is C10H19N5. The summed E-state index contributed by atoms with van der Waals surface area (Å²) in [4.78, 5) is 6.76. The molecule has 2 rings (SSSR count). The van der Waals surface area contributed by atoms with Crippen LogP contribution in [-0.4, -0.2) is 45.3 Å². The van der Waals surface area contributed by atoms with Gasteiger partial charge in [0.1, 0.15) is 12.2 Å².